The van der Waals surface area contributed by atoms with E-state index in [1.165, 1.54) is 22.5 Å². The largest absolute Gasteiger partial charge is 0.376 e. The summed E-state index contributed by atoms with van der Waals surface area (Å²) in [5, 5.41) is 6.68. The summed E-state index contributed by atoms with van der Waals surface area (Å²) in [6, 6.07) is 16.4. The van der Waals surface area contributed by atoms with E-state index < -0.39 is 0 Å². The maximum Gasteiger partial charge on any atom is 0.245 e. The molecule has 3 aromatic rings. The van der Waals surface area contributed by atoms with Crippen LogP contribution < -0.4 is 10.6 Å². The lowest BCUT2D eigenvalue weighted by atomic mass is 10.1. The Morgan fingerprint density at radius 1 is 1.12 bits per heavy atom. The van der Waals surface area contributed by atoms with Crippen molar-refractivity contribution in [3.8, 4) is 0 Å². The molecule has 0 radical (unpaired) electrons. The molecule has 0 atom stereocenters. The highest BCUT2D eigenvalue weighted by atomic mass is 32.1. The second-order valence-corrected chi connectivity index (χ2v) is 7.13. The van der Waals surface area contributed by atoms with E-state index in [-0.39, 0.29) is 12.5 Å². The van der Waals surface area contributed by atoms with Crippen molar-refractivity contribution in [1.29, 1.82) is 0 Å². The second kappa shape index (κ2) is 7.94. The molecule has 0 saturated carbocycles. The summed E-state index contributed by atoms with van der Waals surface area (Å²) >= 11 is 1.51. The summed E-state index contributed by atoms with van der Waals surface area (Å²) in [4.78, 5) is 17.6. The maximum atomic E-state index is 12.1. The molecule has 0 aliphatic carbocycles. The molecular weight excluding hydrogens is 330 g/mol. The Balaban J connectivity index is 1.54. The van der Waals surface area contributed by atoms with Crippen molar-refractivity contribution in [3.63, 3.8) is 0 Å². The van der Waals surface area contributed by atoms with Crippen molar-refractivity contribution in [2.24, 2.45) is 0 Å². The normalized spacial score (nSPS) is 10.5. The monoisotopic (exact) mass is 351 g/mol. The highest BCUT2D eigenvalue weighted by Gasteiger charge is 2.08. The predicted octanol–water partition coefficient (Wildman–Crippen LogP) is 4.40. The third kappa shape index (κ3) is 4.90. The molecule has 0 unspecified atom stereocenters. The van der Waals surface area contributed by atoms with Crippen LogP contribution in [0.3, 0.4) is 0 Å². The number of carbonyl (C=O) groups excluding carboxylic acids is 1. The van der Waals surface area contributed by atoms with Crippen molar-refractivity contribution in [2.45, 2.75) is 20.3 Å². The summed E-state index contributed by atoms with van der Waals surface area (Å²) in [6.07, 6.45) is 2.65. The fraction of sp³-hybridized carbons (Fsp3) is 0.200. The average molecular weight is 351 g/mol. The van der Waals surface area contributed by atoms with Gasteiger partial charge >= 0.3 is 0 Å². The number of nitrogens with one attached hydrogen (secondary N) is 2. The number of anilines is 2. The van der Waals surface area contributed by atoms with Crippen LogP contribution in [0.1, 0.15) is 21.6 Å². The second-order valence-electron chi connectivity index (χ2n) is 6.01. The molecular formula is C20H21N3OS. The number of hydrogen-bond donors (Lipinski definition) is 2. The van der Waals surface area contributed by atoms with E-state index in [4.69, 9.17) is 0 Å². The molecule has 25 heavy (non-hydrogen) atoms. The molecule has 0 bridgehead atoms. The van der Waals surface area contributed by atoms with Crippen LogP contribution in [0.2, 0.25) is 0 Å². The molecule has 0 aliphatic rings. The van der Waals surface area contributed by atoms with Gasteiger partial charge in [0, 0.05) is 23.2 Å². The molecule has 5 heteroatoms. The van der Waals surface area contributed by atoms with Crippen molar-refractivity contribution in [3.05, 3.63) is 76.3 Å². The van der Waals surface area contributed by atoms with Crippen molar-refractivity contribution >= 4 is 28.1 Å². The fourth-order valence-electron chi connectivity index (χ4n) is 2.51. The van der Waals surface area contributed by atoms with Crippen LogP contribution in [0.5, 0.6) is 0 Å². The Labute approximate surface area is 151 Å². The maximum absolute atomic E-state index is 12.1. The molecule has 0 fully saturated rings. The van der Waals surface area contributed by atoms with E-state index in [2.05, 4.69) is 33.8 Å². The number of aryl methyl sites for hydroxylation is 2. The minimum atomic E-state index is -0.0958. The summed E-state index contributed by atoms with van der Waals surface area (Å²) in [7, 11) is 0. The number of rotatable bonds is 6. The molecule has 4 nitrogen and oxygen atoms in total. The van der Waals surface area contributed by atoms with Gasteiger partial charge in [0.05, 0.1) is 6.54 Å². The van der Waals surface area contributed by atoms with Crippen LogP contribution in [0.4, 0.5) is 10.8 Å². The summed E-state index contributed by atoms with van der Waals surface area (Å²) in [5.74, 6) is -0.0958. The number of amides is 1. The SMILES string of the molecule is Cc1ccc(C)c(NCC(=O)Nc2ncc(Cc3ccccc3)s2)c1. The number of thiazole rings is 1. The number of carbonyl (C=O) groups is 1. The molecule has 3 rings (SSSR count). The van der Waals surface area contributed by atoms with E-state index in [9.17, 15) is 4.79 Å². The van der Waals surface area contributed by atoms with Gasteiger partial charge in [-0.05, 0) is 36.6 Å². The Hall–Kier alpha value is -2.66. The molecule has 2 aromatic carbocycles. The van der Waals surface area contributed by atoms with Gasteiger partial charge in [0.25, 0.3) is 0 Å². The van der Waals surface area contributed by atoms with Gasteiger partial charge in [-0.25, -0.2) is 4.98 Å². The lowest BCUT2D eigenvalue weighted by Gasteiger charge is -2.10. The zero-order chi connectivity index (χ0) is 17.6. The van der Waals surface area contributed by atoms with Gasteiger partial charge in [0.2, 0.25) is 5.91 Å². The summed E-state index contributed by atoms with van der Waals surface area (Å²) < 4.78 is 0. The highest BCUT2D eigenvalue weighted by Crippen LogP contribution is 2.21. The van der Waals surface area contributed by atoms with Crippen molar-refractivity contribution in [2.75, 3.05) is 17.2 Å². The van der Waals surface area contributed by atoms with Gasteiger partial charge in [-0.3, -0.25) is 4.79 Å². The Kier molecular flexibility index (Phi) is 5.46. The van der Waals surface area contributed by atoms with Gasteiger partial charge in [0.1, 0.15) is 0 Å². The lowest BCUT2D eigenvalue weighted by Crippen LogP contribution is -2.22. The molecule has 128 valence electrons. The standard InChI is InChI=1S/C20H21N3OS/c1-14-8-9-15(2)18(10-14)21-13-19(24)23-20-22-12-17(25-20)11-16-6-4-3-5-7-16/h3-10,12,21H,11,13H2,1-2H3,(H,22,23,24). The zero-order valence-corrected chi connectivity index (χ0v) is 15.2. The van der Waals surface area contributed by atoms with E-state index in [1.807, 2.05) is 50.4 Å². The molecule has 0 aliphatic heterocycles. The number of hydrogen-bond acceptors (Lipinski definition) is 4. The predicted molar refractivity (Wildman–Crippen MR) is 104 cm³/mol. The van der Waals surface area contributed by atoms with Crippen molar-refractivity contribution < 1.29 is 4.79 Å². The topological polar surface area (TPSA) is 54.0 Å². The smallest absolute Gasteiger partial charge is 0.245 e. The van der Waals surface area contributed by atoms with E-state index in [0.29, 0.717) is 5.13 Å². The Bertz CT molecular complexity index is 858. The summed E-state index contributed by atoms with van der Waals surface area (Å²) in [6.45, 7) is 4.28. The third-order valence-corrected chi connectivity index (χ3v) is 4.77. The number of benzene rings is 2. The molecule has 1 aromatic heterocycles. The van der Waals surface area contributed by atoms with E-state index in [1.54, 1.807) is 0 Å². The van der Waals surface area contributed by atoms with Gasteiger partial charge in [-0.1, -0.05) is 42.5 Å². The summed E-state index contributed by atoms with van der Waals surface area (Å²) in [5.41, 5.74) is 4.51. The first-order valence-electron chi connectivity index (χ1n) is 8.20. The fourth-order valence-corrected chi connectivity index (χ4v) is 3.37. The van der Waals surface area contributed by atoms with Crippen LogP contribution in [0.25, 0.3) is 0 Å². The minimum absolute atomic E-state index is 0.0958. The van der Waals surface area contributed by atoms with Crippen LogP contribution in [-0.4, -0.2) is 17.4 Å². The van der Waals surface area contributed by atoms with Crippen LogP contribution in [-0.2, 0) is 11.2 Å². The lowest BCUT2D eigenvalue weighted by molar-refractivity contribution is -0.114. The van der Waals surface area contributed by atoms with E-state index >= 15 is 0 Å². The van der Waals surface area contributed by atoms with Gasteiger partial charge in [0.15, 0.2) is 5.13 Å². The minimum Gasteiger partial charge on any atom is -0.376 e. The van der Waals surface area contributed by atoms with Gasteiger partial charge in [-0.2, -0.15) is 0 Å². The van der Waals surface area contributed by atoms with Crippen molar-refractivity contribution in [1.82, 2.24) is 4.98 Å². The number of aromatic nitrogens is 1. The van der Waals surface area contributed by atoms with Crippen LogP contribution in [0.15, 0.2) is 54.7 Å². The van der Waals surface area contributed by atoms with E-state index in [0.717, 1.165) is 22.5 Å². The third-order valence-electron chi connectivity index (χ3n) is 3.85. The molecule has 1 amide bonds. The average Bonchev–Trinajstić information content (AvgIpc) is 3.03. The molecule has 0 spiro atoms. The Morgan fingerprint density at radius 3 is 2.72 bits per heavy atom. The molecule has 1 heterocycles. The molecule has 2 N–H and O–H groups in total. The van der Waals surface area contributed by atoms with Gasteiger partial charge in [-0.15, -0.1) is 11.3 Å². The quantitative estimate of drug-likeness (QED) is 0.692. The first-order valence-corrected chi connectivity index (χ1v) is 9.01. The first-order chi connectivity index (χ1) is 12.1. The first kappa shape index (κ1) is 17.2. The van der Waals surface area contributed by atoms with Crippen LogP contribution >= 0.6 is 11.3 Å². The van der Waals surface area contributed by atoms with Gasteiger partial charge < -0.3 is 10.6 Å². The highest BCUT2D eigenvalue weighted by molar-refractivity contribution is 7.15. The number of nitrogens with zero attached hydrogens (tertiary/aromatic N) is 1. The zero-order valence-electron chi connectivity index (χ0n) is 14.4. The molecule has 0 saturated heterocycles. The van der Waals surface area contributed by atoms with Crippen LogP contribution in [0, 0.1) is 13.8 Å². The Morgan fingerprint density at radius 2 is 1.92 bits per heavy atom.